The van der Waals surface area contributed by atoms with Crippen molar-refractivity contribution in [2.24, 2.45) is 0 Å². The Morgan fingerprint density at radius 2 is 1.31 bits per heavy atom. The minimum Gasteiger partial charge on any atom is -0.100 e. The highest BCUT2D eigenvalue weighted by Crippen LogP contribution is 2.33. The van der Waals surface area contributed by atoms with Crippen LogP contribution in [0.2, 0.25) is 0 Å². The molecule has 0 radical (unpaired) electrons. The Hall–Kier alpha value is -0.980. The van der Waals surface area contributed by atoms with E-state index in [1.54, 1.807) is 0 Å². The standard InChI is InChI=1S/C13H10Cl2.CH4/c14-13(15)12-9-5-4-8-11(12)10-6-2-1-3-7-10;/h1-9,13H;1H4. The summed E-state index contributed by atoms with van der Waals surface area (Å²) in [5.74, 6) is 0. The molecule has 0 fully saturated rings. The molecular weight excluding hydrogens is 239 g/mol. The molecule has 0 saturated carbocycles. The largest absolute Gasteiger partial charge is 0.133 e. The van der Waals surface area contributed by atoms with Crippen LogP contribution in [0.1, 0.15) is 17.8 Å². The average Bonchev–Trinajstić information content (AvgIpc) is 2.30. The van der Waals surface area contributed by atoms with E-state index < -0.39 is 4.84 Å². The van der Waals surface area contributed by atoms with Gasteiger partial charge in [0.1, 0.15) is 4.84 Å². The molecule has 0 aromatic heterocycles. The van der Waals surface area contributed by atoms with Crippen molar-refractivity contribution in [3.63, 3.8) is 0 Å². The first-order chi connectivity index (χ1) is 7.29. The molecular formula is C14H14Cl2. The molecule has 0 unspecified atom stereocenters. The lowest BCUT2D eigenvalue weighted by molar-refractivity contribution is 1.35. The molecule has 0 aliphatic heterocycles. The zero-order valence-corrected chi connectivity index (χ0v) is 9.54. The number of alkyl halides is 2. The van der Waals surface area contributed by atoms with E-state index in [-0.39, 0.29) is 7.43 Å². The van der Waals surface area contributed by atoms with Crippen LogP contribution in [0.25, 0.3) is 11.1 Å². The van der Waals surface area contributed by atoms with E-state index in [1.807, 2.05) is 42.5 Å². The van der Waals surface area contributed by atoms with Gasteiger partial charge in [-0.15, -0.1) is 23.2 Å². The first kappa shape index (κ1) is 13.1. The van der Waals surface area contributed by atoms with Crippen molar-refractivity contribution in [1.82, 2.24) is 0 Å². The summed E-state index contributed by atoms with van der Waals surface area (Å²) >= 11 is 11.8. The Balaban J connectivity index is 0.00000128. The minimum absolute atomic E-state index is 0. The van der Waals surface area contributed by atoms with Crippen LogP contribution < -0.4 is 0 Å². The summed E-state index contributed by atoms with van der Waals surface area (Å²) in [7, 11) is 0. The Labute approximate surface area is 107 Å². The smallest absolute Gasteiger partial charge is 0.100 e. The van der Waals surface area contributed by atoms with Crippen LogP contribution in [-0.4, -0.2) is 0 Å². The summed E-state index contributed by atoms with van der Waals surface area (Å²) in [4.78, 5) is -0.485. The van der Waals surface area contributed by atoms with E-state index in [1.165, 1.54) is 0 Å². The van der Waals surface area contributed by atoms with Crippen molar-refractivity contribution in [3.05, 3.63) is 60.2 Å². The van der Waals surface area contributed by atoms with Gasteiger partial charge in [0.2, 0.25) is 0 Å². The van der Waals surface area contributed by atoms with Crippen molar-refractivity contribution < 1.29 is 0 Å². The molecule has 2 aromatic carbocycles. The molecule has 0 N–H and O–H groups in total. The van der Waals surface area contributed by atoms with Gasteiger partial charge in [0.05, 0.1) is 0 Å². The predicted octanol–water partition coefficient (Wildman–Crippen LogP) is 5.47. The molecule has 84 valence electrons. The fourth-order valence-electron chi connectivity index (χ4n) is 1.57. The zero-order chi connectivity index (χ0) is 10.7. The molecule has 0 aliphatic carbocycles. The van der Waals surface area contributed by atoms with Crippen LogP contribution in [0.4, 0.5) is 0 Å². The Morgan fingerprint density at radius 3 is 1.94 bits per heavy atom. The highest BCUT2D eigenvalue weighted by atomic mass is 35.5. The molecule has 0 nitrogen and oxygen atoms in total. The van der Waals surface area contributed by atoms with E-state index >= 15 is 0 Å². The monoisotopic (exact) mass is 252 g/mol. The van der Waals surface area contributed by atoms with E-state index in [2.05, 4.69) is 12.1 Å². The maximum absolute atomic E-state index is 5.92. The lowest BCUT2D eigenvalue weighted by Gasteiger charge is -2.09. The van der Waals surface area contributed by atoms with Crippen molar-refractivity contribution >= 4 is 23.2 Å². The van der Waals surface area contributed by atoms with E-state index in [0.29, 0.717) is 0 Å². The molecule has 2 rings (SSSR count). The van der Waals surface area contributed by atoms with Crippen molar-refractivity contribution in [3.8, 4) is 11.1 Å². The molecule has 0 amide bonds. The van der Waals surface area contributed by atoms with Crippen molar-refractivity contribution in [2.75, 3.05) is 0 Å². The van der Waals surface area contributed by atoms with Gasteiger partial charge in [-0.2, -0.15) is 0 Å². The van der Waals surface area contributed by atoms with Crippen LogP contribution in [0.15, 0.2) is 54.6 Å². The zero-order valence-electron chi connectivity index (χ0n) is 8.03. The second-order valence-corrected chi connectivity index (χ2v) is 4.35. The number of benzene rings is 2. The summed E-state index contributed by atoms with van der Waals surface area (Å²) in [6.45, 7) is 0. The van der Waals surface area contributed by atoms with Gasteiger partial charge in [-0.1, -0.05) is 62.0 Å². The highest BCUT2D eigenvalue weighted by molar-refractivity contribution is 6.44. The molecule has 0 bridgehead atoms. The van der Waals surface area contributed by atoms with Gasteiger partial charge in [0.25, 0.3) is 0 Å². The van der Waals surface area contributed by atoms with Gasteiger partial charge in [0.15, 0.2) is 0 Å². The normalized spacial score (nSPS) is 9.94. The third-order valence-corrected chi connectivity index (χ3v) is 2.75. The summed E-state index contributed by atoms with van der Waals surface area (Å²) in [5.41, 5.74) is 3.18. The van der Waals surface area contributed by atoms with Crippen molar-refractivity contribution in [1.29, 1.82) is 0 Å². The van der Waals surface area contributed by atoms with Gasteiger partial charge in [-0.05, 0) is 16.7 Å². The maximum atomic E-state index is 5.92. The first-order valence-electron chi connectivity index (χ1n) is 4.71. The quantitative estimate of drug-likeness (QED) is 0.623. The fraction of sp³-hybridized carbons (Fsp3) is 0.143. The van der Waals surface area contributed by atoms with Crippen LogP contribution in [0.3, 0.4) is 0 Å². The predicted molar refractivity (Wildman–Crippen MR) is 73.1 cm³/mol. The molecule has 2 heteroatoms. The van der Waals surface area contributed by atoms with Crippen LogP contribution >= 0.6 is 23.2 Å². The third kappa shape index (κ3) is 2.78. The Morgan fingerprint density at radius 1 is 0.750 bits per heavy atom. The second kappa shape index (κ2) is 5.93. The maximum Gasteiger partial charge on any atom is 0.133 e. The minimum atomic E-state index is -0.485. The SMILES string of the molecule is C.ClC(Cl)c1ccccc1-c1ccccc1. The van der Waals surface area contributed by atoms with Crippen LogP contribution in [-0.2, 0) is 0 Å². The molecule has 0 aliphatic rings. The van der Waals surface area contributed by atoms with Crippen LogP contribution in [0, 0.1) is 0 Å². The first-order valence-corrected chi connectivity index (χ1v) is 5.59. The number of hydrogen-bond acceptors (Lipinski definition) is 0. The molecule has 2 aromatic rings. The van der Waals surface area contributed by atoms with E-state index in [0.717, 1.165) is 16.7 Å². The number of rotatable bonds is 2. The Bertz CT molecular complexity index is 435. The highest BCUT2D eigenvalue weighted by Gasteiger charge is 2.09. The average molecular weight is 253 g/mol. The van der Waals surface area contributed by atoms with Crippen LogP contribution in [0.5, 0.6) is 0 Å². The van der Waals surface area contributed by atoms with Gasteiger partial charge >= 0.3 is 0 Å². The molecule has 0 atom stereocenters. The van der Waals surface area contributed by atoms with Gasteiger partial charge in [-0.3, -0.25) is 0 Å². The van der Waals surface area contributed by atoms with E-state index in [4.69, 9.17) is 23.2 Å². The molecule has 0 heterocycles. The van der Waals surface area contributed by atoms with E-state index in [9.17, 15) is 0 Å². The summed E-state index contributed by atoms with van der Waals surface area (Å²) in [6, 6.07) is 18.0. The third-order valence-electron chi connectivity index (χ3n) is 2.28. The summed E-state index contributed by atoms with van der Waals surface area (Å²) in [6.07, 6.45) is 0. The lowest BCUT2D eigenvalue weighted by atomic mass is 10.0. The molecule has 0 spiro atoms. The lowest BCUT2D eigenvalue weighted by Crippen LogP contribution is -1.87. The van der Waals surface area contributed by atoms with Crippen molar-refractivity contribution in [2.45, 2.75) is 12.3 Å². The molecule has 0 saturated heterocycles. The van der Waals surface area contributed by atoms with Gasteiger partial charge in [-0.25, -0.2) is 0 Å². The summed E-state index contributed by atoms with van der Waals surface area (Å²) < 4.78 is 0. The number of halogens is 2. The topological polar surface area (TPSA) is 0 Å². The summed E-state index contributed by atoms with van der Waals surface area (Å²) in [5, 5.41) is 0. The van der Waals surface area contributed by atoms with Gasteiger partial charge < -0.3 is 0 Å². The Kier molecular flexibility index (Phi) is 4.85. The second-order valence-electron chi connectivity index (χ2n) is 3.25. The number of hydrogen-bond donors (Lipinski definition) is 0. The fourth-order valence-corrected chi connectivity index (χ4v) is 1.95. The van der Waals surface area contributed by atoms with Gasteiger partial charge in [0, 0.05) is 0 Å². The molecule has 16 heavy (non-hydrogen) atoms.